The van der Waals surface area contributed by atoms with Crippen molar-refractivity contribution in [2.24, 2.45) is 17.3 Å². The van der Waals surface area contributed by atoms with Gasteiger partial charge in [-0.25, -0.2) is 4.98 Å². The molecule has 2 aliphatic rings. The number of hydrogen-bond donors (Lipinski definition) is 1. The summed E-state index contributed by atoms with van der Waals surface area (Å²) in [5.74, 6) is 0.679. The molecule has 0 aromatic carbocycles. The normalized spacial score (nSPS) is 32.4. The topological polar surface area (TPSA) is 54.6 Å². The van der Waals surface area contributed by atoms with Crippen molar-refractivity contribution in [1.82, 2.24) is 9.38 Å². The summed E-state index contributed by atoms with van der Waals surface area (Å²) in [6.07, 6.45) is 7.38. The van der Waals surface area contributed by atoms with E-state index in [1.54, 1.807) is 0 Å². The average molecular weight is 256 g/mol. The molecule has 1 N–H and O–H groups in total. The number of aromatic nitrogens is 2. The molecule has 2 saturated carbocycles. The smallest absolute Gasteiger partial charge is 0.310 e. The van der Waals surface area contributed by atoms with Crippen LogP contribution >= 0.6 is 0 Å². The van der Waals surface area contributed by atoms with Crippen molar-refractivity contribution in [3.05, 3.63) is 36.3 Å². The van der Waals surface area contributed by atoms with Crippen molar-refractivity contribution < 1.29 is 9.90 Å². The third kappa shape index (κ3) is 1.66. The van der Waals surface area contributed by atoms with Crippen LogP contribution in [0.1, 0.15) is 25.0 Å². The van der Waals surface area contributed by atoms with Crippen LogP contribution in [0.5, 0.6) is 0 Å². The predicted molar refractivity (Wildman–Crippen MR) is 69.8 cm³/mol. The molecular formula is C15H16N2O2. The van der Waals surface area contributed by atoms with Gasteiger partial charge in [0, 0.05) is 18.8 Å². The van der Waals surface area contributed by atoms with Gasteiger partial charge in [-0.1, -0.05) is 6.07 Å². The highest BCUT2D eigenvalue weighted by atomic mass is 16.4. The Bertz CT molecular complexity index is 618. The molecular weight excluding hydrogens is 240 g/mol. The van der Waals surface area contributed by atoms with Gasteiger partial charge in [-0.05, 0) is 43.2 Å². The first-order chi connectivity index (χ1) is 9.16. The predicted octanol–water partition coefficient (Wildman–Crippen LogP) is 2.38. The second-order valence-electron chi connectivity index (χ2n) is 6.12. The standard InChI is InChI=1S/C15H16N2O2/c18-14(19)15(6-10-5-11(10)7-15)8-12-9-17-4-2-1-3-13(17)16-12/h1-4,9-11H,5-8H2,(H,18,19). The van der Waals surface area contributed by atoms with Crippen LogP contribution in [0.25, 0.3) is 5.65 Å². The lowest BCUT2D eigenvalue weighted by Crippen LogP contribution is -2.32. The molecule has 0 bridgehead atoms. The molecule has 19 heavy (non-hydrogen) atoms. The van der Waals surface area contributed by atoms with Crippen LogP contribution < -0.4 is 0 Å². The minimum absolute atomic E-state index is 0.564. The summed E-state index contributed by atoms with van der Waals surface area (Å²) in [5.41, 5.74) is 1.22. The first-order valence-corrected chi connectivity index (χ1v) is 6.82. The van der Waals surface area contributed by atoms with Gasteiger partial charge >= 0.3 is 5.97 Å². The van der Waals surface area contributed by atoms with Gasteiger partial charge in [-0.2, -0.15) is 0 Å². The SMILES string of the molecule is O=C(O)C1(Cc2cn3ccccc3n2)CC2CC2C1. The monoisotopic (exact) mass is 256 g/mol. The van der Waals surface area contributed by atoms with Crippen LogP contribution in [0.4, 0.5) is 0 Å². The molecule has 2 aliphatic carbocycles. The molecule has 2 fully saturated rings. The number of fused-ring (bicyclic) bond motifs is 2. The third-order valence-electron chi connectivity index (χ3n) is 4.76. The zero-order valence-corrected chi connectivity index (χ0v) is 10.6. The summed E-state index contributed by atoms with van der Waals surface area (Å²) in [6, 6.07) is 5.85. The highest BCUT2D eigenvalue weighted by Gasteiger charge is 2.57. The summed E-state index contributed by atoms with van der Waals surface area (Å²) in [4.78, 5) is 16.2. The molecule has 0 aliphatic heterocycles. The number of hydrogen-bond acceptors (Lipinski definition) is 2. The van der Waals surface area contributed by atoms with E-state index in [-0.39, 0.29) is 0 Å². The molecule has 2 atom stereocenters. The van der Waals surface area contributed by atoms with Crippen LogP contribution in [-0.4, -0.2) is 20.5 Å². The maximum absolute atomic E-state index is 11.7. The van der Waals surface area contributed by atoms with Crippen molar-refractivity contribution in [3.63, 3.8) is 0 Å². The molecule has 0 radical (unpaired) electrons. The molecule has 2 aromatic heterocycles. The number of carbonyl (C=O) groups is 1. The van der Waals surface area contributed by atoms with Gasteiger partial charge in [0.25, 0.3) is 0 Å². The fraction of sp³-hybridized carbons (Fsp3) is 0.467. The van der Waals surface area contributed by atoms with E-state index in [9.17, 15) is 9.90 Å². The minimum Gasteiger partial charge on any atom is -0.481 e. The van der Waals surface area contributed by atoms with E-state index in [2.05, 4.69) is 4.98 Å². The molecule has 4 rings (SSSR count). The van der Waals surface area contributed by atoms with Gasteiger partial charge in [0.1, 0.15) is 5.65 Å². The van der Waals surface area contributed by atoms with E-state index in [0.717, 1.165) is 24.2 Å². The molecule has 0 spiro atoms. The second kappa shape index (κ2) is 3.59. The van der Waals surface area contributed by atoms with Gasteiger partial charge < -0.3 is 9.51 Å². The fourth-order valence-corrected chi connectivity index (χ4v) is 3.71. The quantitative estimate of drug-likeness (QED) is 0.917. The zero-order valence-electron chi connectivity index (χ0n) is 10.6. The van der Waals surface area contributed by atoms with Crippen molar-refractivity contribution in [2.75, 3.05) is 0 Å². The lowest BCUT2D eigenvalue weighted by molar-refractivity contribution is -0.149. The lowest BCUT2D eigenvalue weighted by atomic mass is 9.79. The molecule has 0 amide bonds. The van der Waals surface area contributed by atoms with Crippen LogP contribution in [0.3, 0.4) is 0 Å². The molecule has 2 unspecified atom stereocenters. The first kappa shape index (κ1) is 11.0. The van der Waals surface area contributed by atoms with Gasteiger partial charge in [0.2, 0.25) is 0 Å². The van der Waals surface area contributed by atoms with Gasteiger partial charge in [-0.15, -0.1) is 0 Å². The Kier molecular flexibility index (Phi) is 2.08. The van der Waals surface area contributed by atoms with Crippen molar-refractivity contribution in [1.29, 1.82) is 0 Å². The Labute approximate surface area is 111 Å². The summed E-state index contributed by atoms with van der Waals surface area (Å²) in [7, 11) is 0. The molecule has 2 heterocycles. The van der Waals surface area contributed by atoms with Crippen molar-refractivity contribution in [3.8, 4) is 0 Å². The van der Waals surface area contributed by atoms with Crippen molar-refractivity contribution >= 4 is 11.6 Å². The highest BCUT2D eigenvalue weighted by molar-refractivity contribution is 5.76. The van der Waals surface area contributed by atoms with E-state index < -0.39 is 11.4 Å². The van der Waals surface area contributed by atoms with Crippen molar-refractivity contribution in [2.45, 2.75) is 25.7 Å². The zero-order chi connectivity index (χ0) is 13.0. The largest absolute Gasteiger partial charge is 0.481 e. The van der Waals surface area contributed by atoms with Crippen LogP contribution in [0, 0.1) is 17.3 Å². The molecule has 98 valence electrons. The highest BCUT2D eigenvalue weighted by Crippen LogP contribution is 2.60. The fourth-order valence-electron chi connectivity index (χ4n) is 3.71. The third-order valence-corrected chi connectivity index (χ3v) is 4.76. The Morgan fingerprint density at radius 1 is 1.42 bits per heavy atom. The van der Waals surface area contributed by atoms with Crippen LogP contribution in [0.15, 0.2) is 30.6 Å². The summed E-state index contributed by atoms with van der Waals surface area (Å²) < 4.78 is 1.96. The summed E-state index contributed by atoms with van der Waals surface area (Å²) in [6.45, 7) is 0. The van der Waals surface area contributed by atoms with Crippen LogP contribution in [-0.2, 0) is 11.2 Å². The second-order valence-corrected chi connectivity index (χ2v) is 6.12. The maximum Gasteiger partial charge on any atom is 0.310 e. The average Bonchev–Trinajstić information content (AvgIpc) is 2.85. The number of carboxylic acid groups (broad SMARTS) is 1. The summed E-state index contributed by atoms with van der Waals surface area (Å²) >= 11 is 0. The Hall–Kier alpha value is -1.84. The number of pyridine rings is 1. The number of rotatable bonds is 3. The Morgan fingerprint density at radius 2 is 2.21 bits per heavy atom. The Morgan fingerprint density at radius 3 is 2.89 bits per heavy atom. The number of carboxylic acids is 1. The number of aliphatic carboxylic acids is 1. The van der Waals surface area contributed by atoms with E-state index in [1.165, 1.54) is 6.42 Å². The number of nitrogens with zero attached hydrogens (tertiary/aromatic N) is 2. The van der Waals surface area contributed by atoms with E-state index in [4.69, 9.17) is 0 Å². The lowest BCUT2D eigenvalue weighted by Gasteiger charge is -2.24. The van der Waals surface area contributed by atoms with E-state index in [1.807, 2.05) is 35.0 Å². The summed E-state index contributed by atoms with van der Waals surface area (Å²) in [5, 5.41) is 9.60. The molecule has 4 nitrogen and oxygen atoms in total. The Balaban J connectivity index is 1.67. The van der Waals surface area contributed by atoms with Crippen LogP contribution in [0.2, 0.25) is 0 Å². The van der Waals surface area contributed by atoms with E-state index in [0.29, 0.717) is 18.3 Å². The molecule has 4 heteroatoms. The maximum atomic E-state index is 11.7. The van der Waals surface area contributed by atoms with Gasteiger partial charge in [0.15, 0.2) is 0 Å². The number of imidazole rings is 1. The first-order valence-electron chi connectivity index (χ1n) is 6.82. The minimum atomic E-state index is -0.642. The van der Waals surface area contributed by atoms with Gasteiger partial charge in [-0.3, -0.25) is 4.79 Å². The van der Waals surface area contributed by atoms with Gasteiger partial charge in [0.05, 0.1) is 11.1 Å². The molecule has 0 saturated heterocycles. The molecule has 2 aromatic rings. The van der Waals surface area contributed by atoms with E-state index >= 15 is 0 Å².